The zero-order chi connectivity index (χ0) is 11.8. The van der Waals surface area contributed by atoms with E-state index in [-0.39, 0.29) is 11.0 Å². The van der Waals surface area contributed by atoms with Crippen LogP contribution < -0.4 is 0 Å². The molecule has 1 N–H and O–H groups in total. The smallest absolute Gasteiger partial charge is 0.131 e. The number of rotatable bonds is 2. The first-order valence-electron chi connectivity index (χ1n) is 5.66. The monoisotopic (exact) mass is 226 g/mol. The Morgan fingerprint density at radius 3 is 2.19 bits per heavy atom. The largest absolute Gasteiger partial charge is 0.388 e. The van der Waals surface area contributed by atoms with Crippen molar-refractivity contribution >= 4 is 0 Å². The molecule has 0 amide bonds. The first kappa shape index (κ1) is 11.5. The topological polar surface area (TPSA) is 20.2 Å². The Balaban J connectivity index is 2.36. The van der Waals surface area contributed by atoms with Crippen LogP contribution in [0.25, 0.3) is 0 Å². The first-order valence-corrected chi connectivity index (χ1v) is 5.66. The summed E-state index contributed by atoms with van der Waals surface area (Å²) in [6.45, 7) is 1.90. The minimum Gasteiger partial charge on any atom is -0.388 e. The van der Waals surface area contributed by atoms with Gasteiger partial charge in [0.1, 0.15) is 11.6 Å². The SMILES string of the molecule is CC1(C(O)c2c(F)cccc2F)CCCC1. The maximum absolute atomic E-state index is 13.5. The number of hydrogen-bond acceptors (Lipinski definition) is 1. The molecule has 0 radical (unpaired) electrons. The Labute approximate surface area is 94.1 Å². The molecule has 0 saturated heterocycles. The molecule has 0 aromatic heterocycles. The zero-order valence-electron chi connectivity index (χ0n) is 9.34. The third-order valence-corrected chi connectivity index (χ3v) is 3.68. The molecule has 88 valence electrons. The van der Waals surface area contributed by atoms with Crippen molar-refractivity contribution in [2.75, 3.05) is 0 Å². The van der Waals surface area contributed by atoms with Gasteiger partial charge in [-0.2, -0.15) is 0 Å². The second-order valence-electron chi connectivity index (χ2n) is 4.90. The molecule has 3 heteroatoms. The lowest BCUT2D eigenvalue weighted by Gasteiger charge is -2.30. The molecule has 1 aromatic carbocycles. The standard InChI is InChI=1S/C13H16F2O/c1-13(7-2-3-8-13)12(16)11-9(14)5-4-6-10(11)15/h4-6,12,16H,2-3,7-8H2,1H3. The summed E-state index contributed by atoms with van der Waals surface area (Å²) in [5.41, 5.74) is -0.560. The van der Waals surface area contributed by atoms with E-state index in [4.69, 9.17) is 0 Å². The molecule has 1 saturated carbocycles. The quantitative estimate of drug-likeness (QED) is 0.817. The van der Waals surface area contributed by atoms with Crippen LogP contribution in [0.15, 0.2) is 18.2 Å². The molecule has 1 nitrogen and oxygen atoms in total. The van der Waals surface area contributed by atoms with E-state index in [1.165, 1.54) is 18.2 Å². The van der Waals surface area contributed by atoms with Gasteiger partial charge in [-0.15, -0.1) is 0 Å². The van der Waals surface area contributed by atoms with E-state index < -0.39 is 17.7 Å². The van der Waals surface area contributed by atoms with Gasteiger partial charge in [0, 0.05) is 0 Å². The summed E-state index contributed by atoms with van der Waals surface area (Å²) in [5.74, 6) is -1.30. The molecule has 0 bridgehead atoms. The molecule has 1 aliphatic carbocycles. The van der Waals surface area contributed by atoms with Gasteiger partial charge in [-0.1, -0.05) is 25.8 Å². The lowest BCUT2D eigenvalue weighted by Crippen LogP contribution is -2.23. The Morgan fingerprint density at radius 1 is 1.19 bits per heavy atom. The Bertz CT molecular complexity index is 363. The predicted octanol–water partition coefficient (Wildman–Crippen LogP) is 3.58. The number of aliphatic hydroxyl groups is 1. The third-order valence-electron chi connectivity index (χ3n) is 3.68. The highest BCUT2D eigenvalue weighted by Gasteiger charge is 2.39. The highest BCUT2D eigenvalue weighted by atomic mass is 19.1. The maximum Gasteiger partial charge on any atom is 0.131 e. The van der Waals surface area contributed by atoms with Crippen LogP contribution in [0.1, 0.15) is 44.3 Å². The first-order chi connectivity index (χ1) is 7.54. The van der Waals surface area contributed by atoms with Gasteiger partial charge in [0.15, 0.2) is 0 Å². The van der Waals surface area contributed by atoms with Crippen LogP contribution in [0.2, 0.25) is 0 Å². The predicted molar refractivity (Wildman–Crippen MR) is 57.9 cm³/mol. The highest BCUT2D eigenvalue weighted by molar-refractivity contribution is 5.24. The summed E-state index contributed by atoms with van der Waals surface area (Å²) in [4.78, 5) is 0. The molecular weight excluding hydrogens is 210 g/mol. The fourth-order valence-corrected chi connectivity index (χ4v) is 2.58. The van der Waals surface area contributed by atoms with Gasteiger partial charge in [0.2, 0.25) is 0 Å². The second kappa shape index (κ2) is 4.13. The van der Waals surface area contributed by atoms with Crippen LogP contribution in [0.5, 0.6) is 0 Å². The molecule has 16 heavy (non-hydrogen) atoms. The van der Waals surface area contributed by atoms with Crippen molar-refractivity contribution in [1.29, 1.82) is 0 Å². The number of hydrogen-bond donors (Lipinski definition) is 1. The number of benzene rings is 1. The summed E-state index contributed by atoms with van der Waals surface area (Å²) in [7, 11) is 0. The fourth-order valence-electron chi connectivity index (χ4n) is 2.58. The zero-order valence-corrected chi connectivity index (χ0v) is 9.34. The molecule has 2 rings (SSSR count). The van der Waals surface area contributed by atoms with Gasteiger partial charge >= 0.3 is 0 Å². The van der Waals surface area contributed by atoms with Gasteiger partial charge in [-0.25, -0.2) is 8.78 Å². The molecule has 1 fully saturated rings. The molecule has 1 aromatic rings. The average Bonchev–Trinajstić information content (AvgIpc) is 2.66. The van der Waals surface area contributed by atoms with Crippen LogP contribution >= 0.6 is 0 Å². The van der Waals surface area contributed by atoms with E-state index in [2.05, 4.69) is 0 Å². The van der Waals surface area contributed by atoms with Crippen molar-refractivity contribution in [3.63, 3.8) is 0 Å². The van der Waals surface area contributed by atoms with Crippen LogP contribution in [0.4, 0.5) is 8.78 Å². The Hall–Kier alpha value is -0.960. The summed E-state index contributed by atoms with van der Waals surface area (Å²) >= 11 is 0. The summed E-state index contributed by atoms with van der Waals surface area (Å²) in [6, 6.07) is 3.71. The van der Waals surface area contributed by atoms with Gasteiger partial charge < -0.3 is 5.11 Å². The van der Waals surface area contributed by atoms with E-state index in [1.54, 1.807) is 0 Å². The second-order valence-corrected chi connectivity index (χ2v) is 4.90. The average molecular weight is 226 g/mol. The molecule has 1 unspecified atom stereocenters. The summed E-state index contributed by atoms with van der Waals surface area (Å²) in [5, 5.41) is 10.2. The minimum atomic E-state index is -1.05. The van der Waals surface area contributed by atoms with E-state index >= 15 is 0 Å². The Kier molecular flexibility index (Phi) is 2.98. The van der Waals surface area contributed by atoms with Crippen LogP contribution in [-0.4, -0.2) is 5.11 Å². The van der Waals surface area contributed by atoms with E-state index in [0.717, 1.165) is 25.7 Å². The van der Waals surface area contributed by atoms with Crippen molar-refractivity contribution in [2.24, 2.45) is 5.41 Å². The highest BCUT2D eigenvalue weighted by Crippen LogP contribution is 2.47. The van der Waals surface area contributed by atoms with Crippen molar-refractivity contribution in [2.45, 2.75) is 38.7 Å². The molecule has 0 aliphatic heterocycles. The van der Waals surface area contributed by atoms with Crippen molar-refractivity contribution in [3.8, 4) is 0 Å². The maximum atomic E-state index is 13.5. The van der Waals surface area contributed by atoms with E-state index in [9.17, 15) is 13.9 Å². The molecule has 1 atom stereocenters. The summed E-state index contributed by atoms with van der Waals surface area (Å²) in [6.07, 6.45) is 2.63. The molecular formula is C13H16F2O. The molecule has 0 heterocycles. The normalized spacial score (nSPS) is 21.0. The number of aliphatic hydroxyl groups excluding tert-OH is 1. The van der Waals surface area contributed by atoms with E-state index in [1.807, 2.05) is 6.92 Å². The summed E-state index contributed by atoms with van der Waals surface area (Å²) < 4.78 is 27.0. The Morgan fingerprint density at radius 2 is 1.69 bits per heavy atom. The number of halogens is 2. The van der Waals surface area contributed by atoms with Gasteiger partial charge in [0.25, 0.3) is 0 Å². The minimum absolute atomic E-state index is 0.174. The van der Waals surface area contributed by atoms with E-state index in [0.29, 0.717) is 0 Å². The third kappa shape index (κ3) is 1.84. The lowest BCUT2D eigenvalue weighted by molar-refractivity contribution is 0.0349. The van der Waals surface area contributed by atoms with Gasteiger partial charge in [-0.05, 0) is 30.4 Å². The van der Waals surface area contributed by atoms with Crippen molar-refractivity contribution in [1.82, 2.24) is 0 Å². The molecule has 0 spiro atoms. The molecule has 1 aliphatic rings. The van der Waals surface area contributed by atoms with Gasteiger partial charge in [0.05, 0.1) is 11.7 Å². The fraction of sp³-hybridized carbons (Fsp3) is 0.538. The van der Waals surface area contributed by atoms with Crippen LogP contribution in [-0.2, 0) is 0 Å². The van der Waals surface area contributed by atoms with Crippen molar-refractivity contribution in [3.05, 3.63) is 35.4 Å². The van der Waals surface area contributed by atoms with Crippen molar-refractivity contribution < 1.29 is 13.9 Å². The lowest BCUT2D eigenvalue weighted by atomic mass is 9.79. The van der Waals surface area contributed by atoms with Gasteiger partial charge in [-0.3, -0.25) is 0 Å². The van der Waals surface area contributed by atoms with Crippen LogP contribution in [0, 0.1) is 17.0 Å². The van der Waals surface area contributed by atoms with Crippen LogP contribution in [0.3, 0.4) is 0 Å².